The van der Waals surface area contributed by atoms with Crippen molar-refractivity contribution < 1.29 is 19.1 Å². The van der Waals surface area contributed by atoms with Crippen molar-refractivity contribution in [2.24, 2.45) is 5.73 Å². The number of aromatic nitrogens is 1. The Morgan fingerprint density at radius 1 is 1.22 bits per heavy atom. The van der Waals surface area contributed by atoms with Crippen LogP contribution in [0.2, 0.25) is 0 Å². The lowest BCUT2D eigenvalue weighted by Gasteiger charge is -2.38. The van der Waals surface area contributed by atoms with Crippen molar-refractivity contribution in [2.75, 3.05) is 26.3 Å². The molecular weight excluding hydrogens is 348 g/mol. The molecule has 0 aliphatic carbocycles. The Bertz CT molecular complexity index is 833. The Morgan fingerprint density at radius 2 is 1.93 bits per heavy atom. The molecule has 2 saturated heterocycles. The summed E-state index contributed by atoms with van der Waals surface area (Å²) in [6.45, 7) is 2.26. The van der Waals surface area contributed by atoms with Gasteiger partial charge in [0.1, 0.15) is 6.04 Å². The van der Waals surface area contributed by atoms with E-state index in [0.717, 1.165) is 16.5 Å². The molecule has 4 rings (SSSR count). The Morgan fingerprint density at radius 3 is 2.63 bits per heavy atom. The quantitative estimate of drug-likeness (QED) is 0.747. The van der Waals surface area contributed by atoms with Gasteiger partial charge in [0.2, 0.25) is 5.91 Å². The normalized spacial score (nSPS) is 20.1. The topological polar surface area (TPSA) is 110 Å². The average molecular weight is 372 g/mol. The second-order valence-electron chi connectivity index (χ2n) is 7.06. The lowest BCUT2D eigenvalue weighted by atomic mass is 10.00. The van der Waals surface area contributed by atoms with E-state index < -0.39 is 17.9 Å². The van der Waals surface area contributed by atoms with E-state index in [1.807, 2.05) is 30.5 Å². The minimum atomic E-state index is -0.707. The Labute approximate surface area is 157 Å². The molecule has 1 aromatic heterocycles. The fraction of sp³-hybridized carbons (Fsp3) is 0.474. The number of nitrogens with zero attached hydrogens (tertiary/aromatic N) is 1. The van der Waals surface area contributed by atoms with Gasteiger partial charge in [0, 0.05) is 49.5 Å². The van der Waals surface area contributed by atoms with E-state index in [-0.39, 0.29) is 5.91 Å². The second kappa shape index (κ2) is 7.21. The Balaban J connectivity index is 1.48. The summed E-state index contributed by atoms with van der Waals surface area (Å²) in [5, 5.41) is 3.65. The summed E-state index contributed by atoms with van der Waals surface area (Å²) in [6, 6.07) is 6.45. The third kappa shape index (κ3) is 3.63. The molecule has 2 aliphatic rings. The summed E-state index contributed by atoms with van der Waals surface area (Å²) >= 11 is 0. The molecule has 0 bridgehead atoms. The van der Waals surface area contributed by atoms with Gasteiger partial charge in [-0.3, -0.25) is 4.79 Å². The molecule has 2 aliphatic heterocycles. The number of rotatable bonds is 4. The van der Waals surface area contributed by atoms with Crippen molar-refractivity contribution in [3.63, 3.8) is 0 Å². The number of likely N-dealkylation sites (tertiary alicyclic amines) is 1. The van der Waals surface area contributed by atoms with E-state index >= 15 is 0 Å². The highest BCUT2D eigenvalue weighted by Gasteiger charge is 2.41. The predicted octanol–water partition coefficient (Wildman–Crippen LogP) is 1.11. The summed E-state index contributed by atoms with van der Waals surface area (Å²) < 4.78 is 11.4. The number of benzene rings is 1. The Hall–Kier alpha value is -2.58. The van der Waals surface area contributed by atoms with Gasteiger partial charge in [-0.05, 0) is 11.6 Å². The molecule has 1 aromatic carbocycles. The molecule has 1 spiro atoms. The van der Waals surface area contributed by atoms with Crippen molar-refractivity contribution in [1.82, 2.24) is 15.2 Å². The number of nitrogens with two attached hydrogens (primary N) is 1. The number of urea groups is 1. The van der Waals surface area contributed by atoms with E-state index in [9.17, 15) is 9.59 Å². The maximum absolute atomic E-state index is 13.1. The highest BCUT2D eigenvalue weighted by atomic mass is 16.7. The van der Waals surface area contributed by atoms with Crippen molar-refractivity contribution in [3.8, 4) is 0 Å². The van der Waals surface area contributed by atoms with Gasteiger partial charge in [0.15, 0.2) is 5.79 Å². The molecule has 8 heteroatoms. The van der Waals surface area contributed by atoms with E-state index in [0.29, 0.717) is 45.6 Å². The monoisotopic (exact) mass is 372 g/mol. The predicted molar refractivity (Wildman–Crippen MR) is 99.0 cm³/mol. The number of H-pyrrole nitrogens is 1. The third-order valence-corrected chi connectivity index (χ3v) is 5.36. The second-order valence-corrected chi connectivity index (χ2v) is 7.06. The van der Waals surface area contributed by atoms with Crippen LogP contribution in [0, 0.1) is 0 Å². The van der Waals surface area contributed by atoms with Crippen LogP contribution >= 0.6 is 0 Å². The molecule has 27 heavy (non-hydrogen) atoms. The van der Waals surface area contributed by atoms with Crippen LogP contribution in [0.3, 0.4) is 0 Å². The van der Waals surface area contributed by atoms with Crippen LogP contribution in [0.25, 0.3) is 10.9 Å². The zero-order valence-electron chi connectivity index (χ0n) is 15.1. The number of hydrogen-bond donors (Lipinski definition) is 3. The minimum Gasteiger partial charge on any atom is -0.361 e. The largest absolute Gasteiger partial charge is 0.361 e. The summed E-state index contributed by atoms with van der Waals surface area (Å²) in [5.74, 6) is -0.674. The van der Waals surface area contributed by atoms with Crippen LogP contribution in [0.5, 0.6) is 0 Å². The van der Waals surface area contributed by atoms with Gasteiger partial charge in [0.25, 0.3) is 0 Å². The first-order chi connectivity index (χ1) is 13.1. The zero-order chi connectivity index (χ0) is 18.9. The van der Waals surface area contributed by atoms with Gasteiger partial charge in [-0.1, -0.05) is 18.2 Å². The maximum Gasteiger partial charge on any atom is 0.312 e. The number of aromatic amines is 1. The highest BCUT2D eigenvalue weighted by molar-refractivity contribution is 5.89. The molecule has 8 nitrogen and oxygen atoms in total. The van der Waals surface area contributed by atoms with Crippen LogP contribution in [-0.2, 0) is 20.7 Å². The average Bonchev–Trinajstić information content (AvgIpc) is 3.29. The van der Waals surface area contributed by atoms with Crippen LogP contribution in [0.15, 0.2) is 30.5 Å². The van der Waals surface area contributed by atoms with Gasteiger partial charge in [-0.15, -0.1) is 0 Å². The number of fused-ring (bicyclic) bond motifs is 1. The number of piperidine rings is 1. The standard InChI is InChI=1S/C19H24N4O4/c20-18(25)22-16(11-13-12-21-15-4-2-1-3-14(13)15)17(24)23-7-5-19(6-8-23)26-9-10-27-19/h1-4,12,16,21H,5-11H2,(H3,20,22,25). The number of carbonyl (C=O) groups excluding carboxylic acids is 2. The number of amides is 3. The van der Waals surface area contributed by atoms with Crippen LogP contribution in [0.1, 0.15) is 18.4 Å². The van der Waals surface area contributed by atoms with Gasteiger partial charge in [-0.2, -0.15) is 0 Å². The molecule has 1 atom stereocenters. The first kappa shape index (κ1) is 17.8. The molecule has 2 aromatic rings. The lowest BCUT2D eigenvalue weighted by molar-refractivity contribution is -0.187. The first-order valence-electron chi connectivity index (χ1n) is 9.24. The van der Waals surface area contributed by atoms with Gasteiger partial charge in [0.05, 0.1) is 13.2 Å². The fourth-order valence-corrected chi connectivity index (χ4v) is 3.97. The van der Waals surface area contributed by atoms with Crippen LogP contribution < -0.4 is 11.1 Å². The number of carbonyl (C=O) groups is 2. The molecule has 2 fully saturated rings. The smallest absolute Gasteiger partial charge is 0.312 e. The summed E-state index contributed by atoms with van der Waals surface area (Å²) in [7, 11) is 0. The number of primary amides is 1. The van der Waals surface area contributed by atoms with E-state index in [1.165, 1.54) is 0 Å². The fourth-order valence-electron chi connectivity index (χ4n) is 3.97. The van der Waals surface area contributed by atoms with E-state index in [1.54, 1.807) is 4.90 Å². The van der Waals surface area contributed by atoms with Crippen molar-refractivity contribution >= 4 is 22.8 Å². The van der Waals surface area contributed by atoms with Gasteiger partial charge >= 0.3 is 6.03 Å². The molecule has 1 unspecified atom stereocenters. The number of hydrogen-bond acceptors (Lipinski definition) is 4. The zero-order valence-corrected chi connectivity index (χ0v) is 15.1. The summed E-state index contributed by atoms with van der Waals surface area (Å²) in [5.41, 5.74) is 7.29. The molecule has 3 heterocycles. The molecule has 3 amide bonds. The lowest BCUT2D eigenvalue weighted by Crippen LogP contribution is -2.55. The number of para-hydroxylation sites is 1. The van der Waals surface area contributed by atoms with Gasteiger partial charge < -0.3 is 30.4 Å². The van der Waals surface area contributed by atoms with Gasteiger partial charge in [-0.25, -0.2) is 4.79 Å². The summed E-state index contributed by atoms with van der Waals surface area (Å²) in [4.78, 5) is 29.5. The molecule has 0 radical (unpaired) electrons. The van der Waals surface area contributed by atoms with Crippen molar-refractivity contribution in [1.29, 1.82) is 0 Å². The maximum atomic E-state index is 13.1. The molecule has 0 saturated carbocycles. The summed E-state index contributed by atoms with van der Waals surface area (Å²) in [6.07, 6.45) is 3.52. The molecule has 144 valence electrons. The van der Waals surface area contributed by atoms with Crippen molar-refractivity contribution in [2.45, 2.75) is 31.1 Å². The highest BCUT2D eigenvalue weighted by Crippen LogP contribution is 2.31. The van der Waals surface area contributed by atoms with E-state index in [2.05, 4.69) is 10.3 Å². The Kier molecular flexibility index (Phi) is 4.75. The van der Waals surface area contributed by atoms with E-state index in [4.69, 9.17) is 15.2 Å². The van der Waals surface area contributed by atoms with Crippen LogP contribution in [0.4, 0.5) is 4.79 Å². The first-order valence-corrected chi connectivity index (χ1v) is 9.24. The van der Waals surface area contributed by atoms with Crippen molar-refractivity contribution in [3.05, 3.63) is 36.0 Å². The molecular formula is C19H24N4O4. The number of nitrogens with one attached hydrogen (secondary N) is 2. The third-order valence-electron chi connectivity index (χ3n) is 5.36. The SMILES string of the molecule is NC(=O)NC(Cc1c[nH]c2ccccc12)C(=O)N1CCC2(CC1)OCCO2. The minimum absolute atomic E-state index is 0.132. The molecule has 4 N–H and O–H groups in total. The number of ether oxygens (including phenoxy) is 2. The van der Waals surface area contributed by atoms with Crippen LogP contribution in [-0.4, -0.2) is 60.0 Å².